The molecule has 0 saturated heterocycles. The molecule has 0 aliphatic rings. The van der Waals surface area contributed by atoms with E-state index >= 15 is 0 Å². The lowest BCUT2D eigenvalue weighted by Crippen LogP contribution is -2.17. The van der Waals surface area contributed by atoms with Crippen LogP contribution in [0.2, 0.25) is 5.02 Å². The SMILES string of the molecule is CN(Cc1cc(Br)cs1)Cc1ccc(Cl)cc1N. The molecular weight excluding hydrogens is 332 g/mol. The van der Waals surface area contributed by atoms with Crippen LogP contribution in [0.4, 0.5) is 5.69 Å². The van der Waals surface area contributed by atoms with Gasteiger partial charge in [0.25, 0.3) is 0 Å². The number of rotatable bonds is 4. The first kappa shape index (κ1) is 13.9. The zero-order valence-corrected chi connectivity index (χ0v) is 13.1. The molecule has 0 aliphatic heterocycles. The van der Waals surface area contributed by atoms with Crippen LogP contribution in [0.25, 0.3) is 0 Å². The van der Waals surface area contributed by atoms with E-state index in [2.05, 4.69) is 39.3 Å². The molecule has 2 aromatic rings. The zero-order chi connectivity index (χ0) is 13.1. The van der Waals surface area contributed by atoms with Crippen molar-refractivity contribution in [2.24, 2.45) is 0 Å². The number of anilines is 1. The number of hydrogen-bond acceptors (Lipinski definition) is 3. The smallest absolute Gasteiger partial charge is 0.0426 e. The van der Waals surface area contributed by atoms with Crippen LogP contribution in [0.15, 0.2) is 34.1 Å². The van der Waals surface area contributed by atoms with Crippen molar-refractivity contribution in [2.45, 2.75) is 13.1 Å². The highest BCUT2D eigenvalue weighted by atomic mass is 79.9. The van der Waals surface area contributed by atoms with Crippen LogP contribution in [-0.4, -0.2) is 11.9 Å². The monoisotopic (exact) mass is 344 g/mol. The van der Waals surface area contributed by atoms with Gasteiger partial charge in [-0.15, -0.1) is 11.3 Å². The molecule has 0 bridgehead atoms. The van der Waals surface area contributed by atoms with Gasteiger partial charge in [-0.1, -0.05) is 17.7 Å². The molecule has 5 heteroatoms. The molecule has 0 atom stereocenters. The number of halogens is 2. The second-order valence-electron chi connectivity index (χ2n) is 4.25. The Morgan fingerprint density at radius 1 is 1.33 bits per heavy atom. The van der Waals surface area contributed by atoms with Crippen LogP contribution in [0.5, 0.6) is 0 Å². The molecule has 2 N–H and O–H groups in total. The summed E-state index contributed by atoms with van der Waals surface area (Å²) in [5.41, 5.74) is 7.81. The van der Waals surface area contributed by atoms with Gasteiger partial charge >= 0.3 is 0 Å². The quantitative estimate of drug-likeness (QED) is 0.833. The number of benzene rings is 1. The van der Waals surface area contributed by atoms with E-state index in [1.807, 2.05) is 12.1 Å². The lowest BCUT2D eigenvalue weighted by Gasteiger charge is -2.17. The Morgan fingerprint density at radius 3 is 2.72 bits per heavy atom. The highest BCUT2D eigenvalue weighted by molar-refractivity contribution is 9.10. The molecule has 1 aromatic heterocycles. The number of thiophene rings is 1. The summed E-state index contributed by atoms with van der Waals surface area (Å²) in [6, 6.07) is 7.81. The average Bonchev–Trinajstić information content (AvgIpc) is 2.68. The standard InChI is InChI=1S/C13H14BrClN2S/c1-17(7-12-4-10(14)8-18-12)6-9-2-3-11(15)5-13(9)16/h2-5,8H,6-7,16H2,1H3. The zero-order valence-electron chi connectivity index (χ0n) is 9.99. The maximum atomic E-state index is 5.95. The summed E-state index contributed by atoms with van der Waals surface area (Å²) < 4.78 is 1.14. The first-order valence-electron chi connectivity index (χ1n) is 5.50. The van der Waals surface area contributed by atoms with E-state index in [4.69, 9.17) is 17.3 Å². The van der Waals surface area contributed by atoms with Crippen LogP contribution in [-0.2, 0) is 13.1 Å². The maximum Gasteiger partial charge on any atom is 0.0426 e. The Labute approximate surface area is 124 Å². The Bertz CT molecular complexity index is 542. The number of hydrogen-bond donors (Lipinski definition) is 1. The van der Waals surface area contributed by atoms with Crippen molar-refractivity contribution in [3.05, 3.63) is 49.6 Å². The van der Waals surface area contributed by atoms with Crippen molar-refractivity contribution in [1.82, 2.24) is 4.90 Å². The molecule has 0 saturated carbocycles. The van der Waals surface area contributed by atoms with Gasteiger partial charge in [-0.25, -0.2) is 0 Å². The topological polar surface area (TPSA) is 29.3 Å². The fourth-order valence-corrected chi connectivity index (χ4v) is 3.47. The Morgan fingerprint density at radius 2 is 2.11 bits per heavy atom. The molecule has 2 rings (SSSR count). The van der Waals surface area contributed by atoms with Crippen molar-refractivity contribution in [3.8, 4) is 0 Å². The minimum absolute atomic E-state index is 0.682. The van der Waals surface area contributed by atoms with E-state index in [1.165, 1.54) is 4.88 Å². The number of nitrogens with zero attached hydrogens (tertiary/aromatic N) is 1. The van der Waals surface area contributed by atoms with E-state index in [9.17, 15) is 0 Å². The van der Waals surface area contributed by atoms with Gasteiger partial charge in [0.2, 0.25) is 0 Å². The Hall–Kier alpha value is -0.550. The van der Waals surface area contributed by atoms with Gasteiger partial charge in [0.05, 0.1) is 0 Å². The fraction of sp³-hybridized carbons (Fsp3) is 0.231. The molecule has 0 amide bonds. The maximum absolute atomic E-state index is 5.95. The predicted octanol–water partition coefficient (Wildman–Crippen LogP) is 4.38. The lowest BCUT2D eigenvalue weighted by atomic mass is 10.1. The molecule has 1 aromatic carbocycles. The number of nitrogens with two attached hydrogens (primary N) is 1. The van der Waals surface area contributed by atoms with E-state index in [0.717, 1.165) is 28.8 Å². The van der Waals surface area contributed by atoms with Crippen molar-refractivity contribution in [3.63, 3.8) is 0 Å². The van der Waals surface area contributed by atoms with Crippen LogP contribution < -0.4 is 5.73 Å². The first-order chi connectivity index (χ1) is 8.54. The summed E-state index contributed by atoms with van der Waals surface area (Å²) in [7, 11) is 2.08. The van der Waals surface area contributed by atoms with Gasteiger partial charge in [-0.2, -0.15) is 0 Å². The van der Waals surface area contributed by atoms with Crippen LogP contribution in [0.1, 0.15) is 10.4 Å². The van der Waals surface area contributed by atoms with Gasteiger partial charge in [-0.05, 0) is 46.7 Å². The molecule has 0 spiro atoms. The Balaban J connectivity index is 2.00. The predicted molar refractivity (Wildman–Crippen MR) is 83.1 cm³/mol. The molecule has 0 radical (unpaired) electrons. The van der Waals surface area contributed by atoms with E-state index in [-0.39, 0.29) is 0 Å². The van der Waals surface area contributed by atoms with Gasteiger partial charge in [0, 0.05) is 38.5 Å². The summed E-state index contributed by atoms with van der Waals surface area (Å²) >= 11 is 11.1. The lowest BCUT2D eigenvalue weighted by molar-refractivity contribution is 0.322. The van der Waals surface area contributed by atoms with Crippen molar-refractivity contribution < 1.29 is 0 Å². The summed E-state index contributed by atoms with van der Waals surface area (Å²) in [4.78, 5) is 3.56. The Kier molecular flexibility index (Phi) is 4.67. The van der Waals surface area contributed by atoms with Crippen LogP contribution >= 0.6 is 38.9 Å². The summed E-state index contributed by atoms with van der Waals surface area (Å²) in [5.74, 6) is 0. The molecule has 18 heavy (non-hydrogen) atoms. The average molecular weight is 346 g/mol. The fourth-order valence-electron chi connectivity index (χ4n) is 1.76. The third-order valence-electron chi connectivity index (χ3n) is 2.60. The first-order valence-corrected chi connectivity index (χ1v) is 7.55. The van der Waals surface area contributed by atoms with Crippen molar-refractivity contribution >= 4 is 44.6 Å². The molecular formula is C13H14BrClN2S. The molecule has 0 fully saturated rings. The summed E-state index contributed by atoms with van der Waals surface area (Å²) in [5, 5.41) is 2.78. The second-order valence-corrected chi connectivity index (χ2v) is 6.59. The molecule has 0 unspecified atom stereocenters. The van der Waals surface area contributed by atoms with Gasteiger partial charge in [0.15, 0.2) is 0 Å². The van der Waals surface area contributed by atoms with Crippen molar-refractivity contribution in [2.75, 3.05) is 12.8 Å². The number of nitrogen functional groups attached to an aromatic ring is 1. The highest BCUT2D eigenvalue weighted by Crippen LogP contribution is 2.23. The third kappa shape index (κ3) is 3.72. The van der Waals surface area contributed by atoms with Crippen LogP contribution in [0.3, 0.4) is 0 Å². The van der Waals surface area contributed by atoms with Gasteiger partial charge in [-0.3, -0.25) is 4.90 Å². The summed E-state index contributed by atoms with van der Waals surface area (Å²) in [6.45, 7) is 1.73. The molecule has 96 valence electrons. The van der Waals surface area contributed by atoms with E-state index < -0.39 is 0 Å². The molecule has 2 nitrogen and oxygen atoms in total. The van der Waals surface area contributed by atoms with Crippen LogP contribution in [0, 0.1) is 0 Å². The van der Waals surface area contributed by atoms with E-state index in [0.29, 0.717) is 5.02 Å². The minimum atomic E-state index is 0.682. The minimum Gasteiger partial charge on any atom is -0.398 e. The largest absolute Gasteiger partial charge is 0.398 e. The van der Waals surface area contributed by atoms with E-state index in [1.54, 1.807) is 17.4 Å². The normalized spacial score (nSPS) is 11.1. The van der Waals surface area contributed by atoms with Gasteiger partial charge < -0.3 is 5.73 Å². The third-order valence-corrected chi connectivity index (χ3v) is 4.51. The molecule has 0 aliphatic carbocycles. The van der Waals surface area contributed by atoms with Crippen molar-refractivity contribution in [1.29, 1.82) is 0 Å². The van der Waals surface area contributed by atoms with Gasteiger partial charge in [0.1, 0.15) is 0 Å². The molecule has 1 heterocycles. The highest BCUT2D eigenvalue weighted by Gasteiger charge is 2.06. The second kappa shape index (κ2) is 6.06. The summed E-state index contributed by atoms with van der Waals surface area (Å²) in [6.07, 6.45) is 0.